The summed E-state index contributed by atoms with van der Waals surface area (Å²) in [6.45, 7) is 0.833. The maximum Gasteiger partial charge on any atom is 0.308 e. The van der Waals surface area contributed by atoms with Crippen LogP contribution in [0.5, 0.6) is 0 Å². The summed E-state index contributed by atoms with van der Waals surface area (Å²) < 4.78 is 0. The van der Waals surface area contributed by atoms with Crippen LogP contribution in [0.15, 0.2) is 5.51 Å². The van der Waals surface area contributed by atoms with Gasteiger partial charge in [0.15, 0.2) is 5.15 Å². The molecule has 0 saturated carbocycles. The van der Waals surface area contributed by atoms with E-state index in [1.807, 2.05) is 0 Å². The van der Waals surface area contributed by atoms with E-state index >= 15 is 0 Å². The maximum absolute atomic E-state index is 12.1. The number of carbonyl (C=O) groups is 2. The quantitative estimate of drug-likeness (QED) is 0.892. The van der Waals surface area contributed by atoms with E-state index in [1.54, 1.807) is 4.90 Å². The second-order valence-corrected chi connectivity index (χ2v) is 5.11. The smallest absolute Gasteiger partial charge is 0.308 e. The minimum atomic E-state index is -0.849. The first kappa shape index (κ1) is 12.3. The van der Waals surface area contributed by atoms with Gasteiger partial charge in [0.2, 0.25) is 0 Å². The van der Waals surface area contributed by atoms with Crippen LogP contribution in [0, 0.1) is 5.92 Å². The Morgan fingerprint density at radius 3 is 2.94 bits per heavy atom. The van der Waals surface area contributed by atoms with Gasteiger partial charge in [0, 0.05) is 13.1 Å². The molecule has 0 bridgehead atoms. The zero-order valence-electron chi connectivity index (χ0n) is 8.93. The van der Waals surface area contributed by atoms with Crippen LogP contribution in [-0.2, 0) is 4.79 Å². The summed E-state index contributed by atoms with van der Waals surface area (Å²) in [7, 11) is 0. The molecule has 1 fully saturated rings. The van der Waals surface area contributed by atoms with Gasteiger partial charge < -0.3 is 10.0 Å². The van der Waals surface area contributed by atoms with Crippen LogP contribution in [0.1, 0.15) is 22.5 Å². The minimum Gasteiger partial charge on any atom is -0.481 e. The second-order valence-electron chi connectivity index (χ2n) is 3.90. The number of aliphatic carboxylic acids is 1. The molecule has 5 nitrogen and oxygen atoms in total. The van der Waals surface area contributed by atoms with Gasteiger partial charge in [-0.05, 0) is 12.8 Å². The number of amides is 1. The lowest BCUT2D eigenvalue weighted by molar-refractivity contribution is -0.143. The van der Waals surface area contributed by atoms with Crippen LogP contribution in [0.2, 0.25) is 5.15 Å². The van der Waals surface area contributed by atoms with E-state index in [9.17, 15) is 9.59 Å². The van der Waals surface area contributed by atoms with Gasteiger partial charge in [-0.25, -0.2) is 4.98 Å². The van der Waals surface area contributed by atoms with Crippen molar-refractivity contribution in [2.45, 2.75) is 12.8 Å². The van der Waals surface area contributed by atoms with Gasteiger partial charge in [0.25, 0.3) is 5.91 Å². The molecule has 0 aromatic carbocycles. The number of hydrogen-bond acceptors (Lipinski definition) is 4. The molecule has 17 heavy (non-hydrogen) atoms. The topological polar surface area (TPSA) is 70.5 Å². The number of hydrogen-bond donors (Lipinski definition) is 1. The average Bonchev–Trinajstić information content (AvgIpc) is 2.74. The zero-order chi connectivity index (χ0) is 12.4. The highest BCUT2D eigenvalue weighted by atomic mass is 35.5. The average molecular weight is 275 g/mol. The molecule has 1 atom stereocenters. The van der Waals surface area contributed by atoms with Crippen molar-refractivity contribution in [2.75, 3.05) is 13.1 Å². The number of aromatic nitrogens is 1. The van der Waals surface area contributed by atoms with Crippen molar-refractivity contribution in [1.29, 1.82) is 0 Å². The van der Waals surface area contributed by atoms with Crippen LogP contribution in [0.4, 0.5) is 0 Å². The third-order valence-corrected chi connectivity index (χ3v) is 3.99. The van der Waals surface area contributed by atoms with Crippen molar-refractivity contribution in [3.8, 4) is 0 Å². The molecule has 0 unspecified atom stereocenters. The Labute approximate surface area is 107 Å². The van der Waals surface area contributed by atoms with Gasteiger partial charge in [-0.2, -0.15) is 0 Å². The first-order valence-electron chi connectivity index (χ1n) is 5.20. The summed E-state index contributed by atoms with van der Waals surface area (Å²) in [5, 5.41) is 9.14. The van der Waals surface area contributed by atoms with E-state index in [4.69, 9.17) is 16.7 Å². The van der Waals surface area contributed by atoms with Crippen molar-refractivity contribution < 1.29 is 14.7 Å². The van der Waals surface area contributed by atoms with Crippen LogP contribution in [0.3, 0.4) is 0 Å². The molecule has 1 aromatic rings. The lowest BCUT2D eigenvalue weighted by Gasteiger charge is -2.30. The van der Waals surface area contributed by atoms with Gasteiger partial charge >= 0.3 is 5.97 Å². The predicted octanol–water partition coefficient (Wildman–Crippen LogP) is 1.73. The highest BCUT2D eigenvalue weighted by molar-refractivity contribution is 7.12. The molecule has 1 saturated heterocycles. The SMILES string of the molecule is O=C(O)[C@@H]1CCCN(C(=O)c2scnc2Cl)C1. The molecule has 0 spiro atoms. The normalized spacial score (nSPS) is 20.3. The van der Waals surface area contributed by atoms with Crippen LogP contribution in [0.25, 0.3) is 0 Å². The number of halogens is 1. The summed E-state index contributed by atoms with van der Waals surface area (Å²) in [5.74, 6) is -1.54. The van der Waals surface area contributed by atoms with E-state index in [-0.39, 0.29) is 17.6 Å². The number of thiazole rings is 1. The molecule has 2 rings (SSSR count). The fourth-order valence-electron chi connectivity index (χ4n) is 1.88. The first-order valence-corrected chi connectivity index (χ1v) is 6.46. The van der Waals surface area contributed by atoms with Crippen molar-refractivity contribution in [3.05, 3.63) is 15.5 Å². The largest absolute Gasteiger partial charge is 0.481 e. The highest BCUT2D eigenvalue weighted by Crippen LogP contribution is 2.24. The number of carboxylic acids is 1. The molecule has 1 amide bonds. The van der Waals surface area contributed by atoms with Crippen molar-refractivity contribution >= 4 is 34.8 Å². The summed E-state index contributed by atoms with van der Waals surface area (Å²) in [6.07, 6.45) is 1.33. The minimum absolute atomic E-state index is 0.192. The monoisotopic (exact) mass is 274 g/mol. The van der Waals surface area contributed by atoms with Gasteiger partial charge in [0.1, 0.15) is 4.88 Å². The van der Waals surface area contributed by atoms with Crippen molar-refractivity contribution in [2.24, 2.45) is 5.92 Å². The molecule has 1 aliphatic rings. The zero-order valence-corrected chi connectivity index (χ0v) is 10.5. The second kappa shape index (κ2) is 5.01. The number of rotatable bonds is 2. The summed E-state index contributed by atoms with van der Waals surface area (Å²) in [4.78, 5) is 28.7. The Balaban J connectivity index is 2.10. The fraction of sp³-hybridized carbons (Fsp3) is 0.500. The van der Waals surface area contributed by atoms with Gasteiger partial charge in [0.05, 0.1) is 11.4 Å². The van der Waals surface area contributed by atoms with Gasteiger partial charge in [-0.15, -0.1) is 11.3 Å². The summed E-state index contributed by atoms with van der Waals surface area (Å²) in [5.41, 5.74) is 1.51. The molecule has 1 N–H and O–H groups in total. The van der Waals surface area contributed by atoms with E-state index in [0.29, 0.717) is 24.3 Å². The third-order valence-electron chi connectivity index (χ3n) is 2.78. The van der Waals surface area contributed by atoms with Crippen LogP contribution >= 0.6 is 22.9 Å². The molecule has 2 heterocycles. The molecule has 1 aromatic heterocycles. The molecule has 7 heteroatoms. The Hall–Kier alpha value is -1.14. The van der Waals surface area contributed by atoms with Gasteiger partial charge in [-0.3, -0.25) is 9.59 Å². The number of carboxylic acid groups (broad SMARTS) is 1. The maximum atomic E-state index is 12.1. The van der Waals surface area contributed by atoms with Gasteiger partial charge in [-0.1, -0.05) is 11.6 Å². The van der Waals surface area contributed by atoms with Crippen molar-refractivity contribution in [1.82, 2.24) is 9.88 Å². The van der Waals surface area contributed by atoms with Crippen LogP contribution in [-0.4, -0.2) is 40.0 Å². The Bertz CT molecular complexity index is 449. The Morgan fingerprint density at radius 2 is 2.35 bits per heavy atom. The third kappa shape index (κ3) is 2.58. The van der Waals surface area contributed by atoms with E-state index in [0.717, 1.165) is 0 Å². The summed E-state index contributed by atoms with van der Waals surface area (Å²) >= 11 is 6.97. The Morgan fingerprint density at radius 1 is 1.59 bits per heavy atom. The number of carbonyl (C=O) groups excluding carboxylic acids is 1. The molecule has 1 aliphatic heterocycles. The standard InChI is InChI=1S/C10H11ClN2O3S/c11-8-7(17-5-12-8)9(14)13-3-1-2-6(4-13)10(15)16/h5-6H,1-4H2,(H,15,16)/t6-/m1/s1. The lowest BCUT2D eigenvalue weighted by Crippen LogP contribution is -2.42. The lowest BCUT2D eigenvalue weighted by atomic mass is 9.98. The summed E-state index contributed by atoms with van der Waals surface area (Å²) in [6, 6.07) is 0. The molecule has 0 radical (unpaired) electrons. The number of likely N-dealkylation sites (tertiary alicyclic amines) is 1. The fourth-order valence-corrected chi connectivity index (χ4v) is 2.84. The highest BCUT2D eigenvalue weighted by Gasteiger charge is 2.30. The first-order chi connectivity index (χ1) is 8.09. The molecular formula is C10H11ClN2O3S. The molecular weight excluding hydrogens is 264 g/mol. The number of piperidine rings is 1. The molecule has 0 aliphatic carbocycles. The van der Waals surface area contributed by atoms with E-state index in [2.05, 4.69) is 4.98 Å². The van der Waals surface area contributed by atoms with Crippen molar-refractivity contribution in [3.63, 3.8) is 0 Å². The predicted molar refractivity (Wildman–Crippen MR) is 63.4 cm³/mol. The molecule has 92 valence electrons. The van der Waals surface area contributed by atoms with E-state index < -0.39 is 11.9 Å². The van der Waals surface area contributed by atoms with E-state index in [1.165, 1.54) is 16.8 Å². The van der Waals surface area contributed by atoms with Crippen LogP contribution < -0.4 is 0 Å². The Kier molecular flexibility index (Phi) is 3.63. The number of nitrogens with zero attached hydrogens (tertiary/aromatic N) is 2.